The Morgan fingerprint density at radius 1 is 1.48 bits per heavy atom. The van der Waals surface area contributed by atoms with Crippen molar-refractivity contribution in [3.63, 3.8) is 0 Å². The summed E-state index contributed by atoms with van der Waals surface area (Å²) in [5.41, 5.74) is 0.830. The third kappa shape index (κ3) is 4.52. The fourth-order valence-electron chi connectivity index (χ4n) is 1.78. The second-order valence-electron chi connectivity index (χ2n) is 4.37. The molecule has 0 amide bonds. The Bertz CT molecular complexity index is 610. The molecule has 9 heteroatoms. The summed E-state index contributed by atoms with van der Waals surface area (Å²) < 4.78 is 39.7. The first-order valence-electron chi connectivity index (χ1n) is 6.12. The molecule has 1 aromatic heterocycles. The van der Waals surface area contributed by atoms with Gasteiger partial charge in [0.15, 0.2) is 0 Å². The minimum absolute atomic E-state index is 0.117. The Labute approximate surface area is 132 Å². The van der Waals surface area contributed by atoms with Crippen LogP contribution in [0.2, 0.25) is 0 Å². The van der Waals surface area contributed by atoms with Crippen LogP contribution in [0.1, 0.15) is 18.1 Å². The van der Waals surface area contributed by atoms with Gasteiger partial charge in [0.25, 0.3) is 0 Å². The molecule has 0 spiro atoms. The number of hydrogen-bond acceptors (Lipinski definition) is 7. The molecule has 21 heavy (non-hydrogen) atoms. The zero-order valence-corrected chi connectivity index (χ0v) is 14.0. The first-order valence-corrected chi connectivity index (χ1v) is 9.30. The molecule has 0 aliphatic carbocycles. The molecule has 2 heterocycles. The Hall–Kier alpha value is -0.420. The second kappa shape index (κ2) is 7.23. The lowest BCUT2D eigenvalue weighted by Gasteiger charge is -2.23. The van der Waals surface area contributed by atoms with Crippen LogP contribution in [0.3, 0.4) is 0 Å². The lowest BCUT2D eigenvalue weighted by molar-refractivity contribution is -0.0991. The van der Waals surface area contributed by atoms with Crippen molar-refractivity contribution in [3.8, 4) is 0 Å². The minimum atomic E-state index is -3.70. The van der Waals surface area contributed by atoms with E-state index in [1.165, 1.54) is 11.8 Å². The van der Waals surface area contributed by atoms with Gasteiger partial charge in [-0.25, -0.2) is 13.6 Å². The first kappa shape index (κ1) is 16.9. The monoisotopic (exact) mass is 351 g/mol. The molecule has 0 saturated carbocycles. The molecule has 1 unspecified atom stereocenters. The van der Waals surface area contributed by atoms with Crippen molar-refractivity contribution in [2.75, 3.05) is 27.1 Å². The Morgan fingerprint density at radius 2 is 2.24 bits per heavy atom. The van der Waals surface area contributed by atoms with Crippen molar-refractivity contribution in [1.82, 2.24) is 0 Å². The molecule has 1 atom stereocenters. The second-order valence-corrected chi connectivity index (χ2v) is 8.66. The lowest BCUT2D eigenvalue weighted by atomic mass is 10.1. The average molecular weight is 351 g/mol. The fourth-order valence-corrected chi connectivity index (χ4v) is 5.22. The van der Waals surface area contributed by atoms with E-state index >= 15 is 0 Å². The quantitative estimate of drug-likeness (QED) is 0.598. The van der Waals surface area contributed by atoms with Gasteiger partial charge >= 0.3 is 0 Å². The van der Waals surface area contributed by atoms with Crippen LogP contribution in [0.25, 0.3) is 0 Å². The maximum Gasteiger partial charge on any atom is 0.247 e. The van der Waals surface area contributed by atoms with Crippen LogP contribution >= 0.6 is 23.1 Å². The molecule has 0 radical (unpaired) electrons. The number of rotatable bonds is 7. The SMILES string of the molecule is C=C1CC(OCOCCOC)c2cc(S(N)(=O)=O)sc2S1. The zero-order chi connectivity index (χ0) is 15.5. The normalized spacial score (nSPS) is 18.8. The van der Waals surface area contributed by atoms with E-state index in [-0.39, 0.29) is 17.1 Å². The van der Waals surface area contributed by atoms with Gasteiger partial charge in [-0.15, -0.1) is 11.3 Å². The number of nitrogens with two attached hydrogens (primary N) is 1. The number of fused-ring (bicyclic) bond motifs is 1. The predicted molar refractivity (Wildman–Crippen MR) is 81.8 cm³/mol. The minimum Gasteiger partial charge on any atom is -0.382 e. The van der Waals surface area contributed by atoms with E-state index in [2.05, 4.69) is 6.58 Å². The summed E-state index contributed by atoms with van der Waals surface area (Å²) in [6, 6.07) is 1.58. The third-order valence-electron chi connectivity index (χ3n) is 2.76. The number of ether oxygens (including phenoxy) is 3. The number of hydrogen-bond donors (Lipinski definition) is 1. The largest absolute Gasteiger partial charge is 0.382 e. The number of thioether (sulfide) groups is 1. The molecule has 1 aliphatic rings. The molecule has 2 rings (SSSR count). The van der Waals surface area contributed by atoms with Crippen molar-refractivity contribution in [2.45, 2.75) is 20.9 Å². The standard InChI is InChI=1S/C12H17NO5S3/c1-8-5-10(18-7-17-4-3-16-2)9-6-11(21(13,14)15)20-12(9)19-8/h6,10H,1,3-5,7H2,2H3,(H2,13,14,15). The summed E-state index contributed by atoms with van der Waals surface area (Å²) >= 11 is 2.61. The van der Waals surface area contributed by atoms with E-state index < -0.39 is 10.0 Å². The van der Waals surface area contributed by atoms with Crippen LogP contribution in [0.5, 0.6) is 0 Å². The van der Waals surface area contributed by atoms with E-state index in [1.54, 1.807) is 13.2 Å². The summed E-state index contributed by atoms with van der Waals surface area (Å²) in [4.78, 5) is 0.923. The average Bonchev–Trinajstić information content (AvgIpc) is 2.82. The summed E-state index contributed by atoms with van der Waals surface area (Å²) in [6.45, 7) is 5.00. The Balaban J connectivity index is 2.07. The molecule has 1 aliphatic heterocycles. The van der Waals surface area contributed by atoms with Crippen molar-refractivity contribution in [2.24, 2.45) is 5.14 Å². The lowest BCUT2D eigenvalue weighted by Crippen LogP contribution is -2.13. The molecular formula is C12H17NO5S3. The van der Waals surface area contributed by atoms with Gasteiger partial charge in [0, 0.05) is 19.1 Å². The number of methoxy groups -OCH3 is 1. The van der Waals surface area contributed by atoms with Gasteiger partial charge < -0.3 is 14.2 Å². The van der Waals surface area contributed by atoms with Crippen LogP contribution in [0.4, 0.5) is 0 Å². The van der Waals surface area contributed by atoms with Crippen LogP contribution in [0, 0.1) is 0 Å². The maximum absolute atomic E-state index is 11.4. The molecule has 0 fully saturated rings. The predicted octanol–water partition coefficient (Wildman–Crippen LogP) is 2.08. The fraction of sp³-hybridized carbons (Fsp3) is 0.500. The van der Waals surface area contributed by atoms with Crippen LogP contribution in [-0.4, -0.2) is 35.5 Å². The molecule has 2 N–H and O–H groups in total. The maximum atomic E-state index is 11.4. The Kier molecular flexibility index (Phi) is 5.83. The molecule has 0 aromatic carbocycles. The zero-order valence-electron chi connectivity index (χ0n) is 11.5. The van der Waals surface area contributed by atoms with E-state index in [4.69, 9.17) is 19.3 Å². The summed E-state index contributed by atoms with van der Waals surface area (Å²) in [6.07, 6.45) is 0.356. The number of primary sulfonamides is 1. The highest BCUT2D eigenvalue weighted by atomic mass is 32.3. The van der Waals surface area contributed by atoms with E-state index in [0.29, 0.717) is 19.6 Å². The van der Waals surface area contributed by atoms with Gasteiger partial charge in [-0.3, -0.25) is 0 Å². The van der Waals surface area contributed by atoms with E-state index in [1.807, 2.05) is 0 Å². The van der Waals surface area contributed by atoms with Gasteiger partial charge in [-0.05, 0) is 11.0 Å². The summed E-state index contributed by atoms with van der Waals surface area (Å²) in [5, 5.41) is 5.18. The van der Waals surface area contributed by atoms with Crippen LogP contribution < -0.4 is 5.14 Å². The topological polar surface area (TPSA) is 87.8 Å². The van der Waals surface area contributed by atoms with Crippen molar-refractivity contribution in [3.05, 3.63) is 23.1 Å². The highest BCUT2D eigenvalue weighted by Crippen LogP contribution is 2.48. The van der Waals surface area contributed by atoms with Crippen molar-refractivity contribution >= 4 is 33.1 Å². The van der Waals surface area contributed by atoms with Crippen molar-refractivity contribution in [1.29, 1.82) is 0 Å². The first-order chi connectivity index (χ1) is 9.91. The van der Waals surface area contributed by atoms with Gasteiger partial charge in [0.2, 0.25) is 10.0 Å². The summed E-state index contributed by atoms with van der Waals surface area (Å²) in [5.74, 6) is 0. The van der Waals surface area contributed by atoms with Crippen molar-refractivity contribution < 1.29 is 22.6 Å². The smallest absolute Gasteiger partial charge is 0.247 e. The van der Waals surface area contributed by atoms with Gasteiger partial charge in [-0.2, -0.15) is 0 Å². The molecule has 1 aromatic rings. The number of sulfonamides is 1. The van der Waals surface area contributed by atoms with E-state index in [0.717, 1.165) is 26.0 Å². The molecule has 6 nitrogen and oxygen atoms in total. The molecule has 0 bridgehead atoms. The molecular weight excluding hydrogens is 334 g/mol. The van der Waals surface area contributed by atoms with E-state index in [9.17, 15) is 8.42 Å². The molecule has 118 valence electrons. The third-order valence-corrected chi connectivity index (χ3v) is 6.51. The highest BCUT2D eigenvalue weighted by Gasteiger charge is 2.28. The van der Waals surface area contributed by atoms with Crippen LogP contribution in [-0.2, 0) is 24.2 Å². The number of thiophene rings is 1. The Morgan fingerprint density at radius 3 is 2.90 bits per heavy atom. The highest BCUT2D eigenvalue weighted by molar-refractivity contribution is 8.05. The van der Waals surface area contributed by atoms with Gasteiger partial charge in [0.05, 0.1) is 23.5 Å². The molecule has 0 saturated heterocycles. The van der Waals surface area contributed by atoms with Crippen LogP contribution in [0.15, 0.2) is 26.0 Å². The van der Waals surface area contributed by atoms with Gasteiger partial charge in [0.1, 0.15) is 11.0 Å². The summed E-state index contributed by atoms with van der Waals surface area (Å²) in [7, 11) is -2.10. The van der Waals surface area contributed by atoms with Gasteiger partial charge in [-0.1, -0.05) is 18.3 Å².